The summed E-state index contributed by atoms with van der Waals surface area (Å²) in [6.07, 6.45) is 0. The lowest BCUT2D eigenvalue weighted by molar-refractivity contribution is 0.0685. The molecular formula is C12H10BrNO5. The maximum absolute atomic E-state index is 10.9. The van der Waals surface area contributed by atoms with Crippen LogP contribution < -0.4 is 9.47 Å². The molecule has 1 aromatic heterocycles. The molecule has 100 valence electrons. The molecular weight excluding hydrogens is 318 g/mol. The Labute approximate surface area is 117 Å². The number of aromatic carboxylic acids is 1. The van der Waals surface area contributed by atoms with Crippen LogP contribution in [0.15, 0.2) is 27.2 Å². The number of rotatable bonds is 4. The maximum Gasteiger partial charge on any atom is 0.359 e. The minimum absolute atomic E-state index is 0.176. The normalized spacial score (nSPS) is 10.3. The largest absolute Gasteiger partial charge is 0.493 e. The van der Waals surface area contributed by atoms with Crippen LogP contribution in [-0.4, -0.2) is 30.5 Å². The summed E-state index contributed by atoms with van der Waals surface area (Å²) in [5.41, 5.74) is 0.453. The summed E-state index contributed by atoms with van der Waals surface area (Å²) in [5.74, 6) is 0.237. The molecule has 0 aliphatic rings. The zero-order chi connectivity index (χ0) is 14.0. The summed E-state index contributed by atoms with van der Waals surface area (Å²) >= 11 is 3.16. The van der Waals surface area contributed by atoms with Gasteiger partial charge < -0.3 is 19.1 Å². The van der Waals surface area contributed by atoms with Crippen molar-refractivity contribution in [3.63, 3.8) is 0 Å². The fraction of sp³-hybridized carbons (Fsp3) is 0.167. The fourth-order valence-corrected chi connectivity index (χ4v) is 2.11. The molecule has 0 aliphatic heterocycles. The molecule has 0 saturated carbocycles. The first-order valence-electron chi connectivity index (χ1n) is 5.19. The predicted octanol–water partition coefficient (Wildman–Crippen LogP) is 2.82. The minimum Gasteiger partial charge on any atom is -0.493 e. The second kappa shape index (κ2) is 5.31. The van der Waals surface area contributed by atoms with Crippen LogP contribution in [0.5, 0.6) is 11.5 Å². The first kappa shape index (κ1) is 13.4. The van der Waals surface area contributed by atoms with E-state index in [1.165, 1.54) is 14.2 Å². The Kier molecular flexibility index (Phi) is 3.75. The Hall–Kier alpha value is -2.02. The molecule has 0 radical (unpaired) electrons. The molecule has 0 bridgehead atoms. The zero-order valence-electron chi connectivity index (χ0n) is 10.1. The second-order valence-corrected chi connectivity index (χ2v) is 4.34. The summed E-state index contributed by atoms with van der Waals surface area (Å²) < 4.78 is 15.6. The molecule has 0 amide bonds. The number of hydrogen-bond acceptors (Lipinski definition) is 5. The number of carboxylic acids is 1. The van der Waals surface area contributed by atoms with Crippen LogP contribution in [0, 0.1) is 0 Å². The van der Waals surface area contributed by atoms with Gasteiger partial charge in [0.1, 0.15) is 4.47 Å². The lowest BCUT2D eigenvalue weighted by Crippen LogP contribution is -1.96. The Morgan fingerprint density at radius 1 is 1.32 bits per heavy atom. The third-order valence-electron chi connectivity index (χ3n) is 2.48. The minimum atomic E-state index is -1.16. The van der Waals surface area contributed by atoms with Gasteiger partial charge >= 0.3 is 5.97 Å². The van der Waals surface area contributed by atoms with Gasteiger partial charge in [-0.1, -0.05) is 5.16 Å². The van der Waals surface area contributed by atoms with Gasteiger partial charge in [-0.15, -0.1) is 0 Å². The Balaban J connectivity index is 2.50. The molecule has 0 unspecified atom stereocenters. The van der Waals surface area contributed by atoms with E-state index in [9.17, 15) is 4.79 Å². The monoisotopic (exact) mass is 327 g/mol. The maximum atomic E-state index is 10.9. The number of nitrogens with zero attached hydrogens (tertiary/aromatic N) is 1. The number of ether oxygens (including phenoxy) is 2. The molecule has 2 rings (SSSR count). The highest BCUT2D eigenvalue weighted by Crippen LogP contribution is 2.36. The van der Waals surface area contributed by atoms with Gasteiger partial charge in [0.05, 0.1) is 14.2 Å². The summed E-state index contributed by atoms with van der Waals surface area (Å²) in [4.78, 5) is 10.9. The smallest absolute Gasteiger partial charge is 0.359 e. The van der Waals surface area contributed by atoms with Crippen molar-refractivity contribution in [2.75, 3.05) is 14.2 Å². The van der Waals surface area contributed by atoms with Gasteiger partial charge in [-0.25, -0.2) is 4.79 Å². The Morgan fingerprint density at radius 2 is 2.00 bits per heavy atom. The van der Waals surface area contributed by atoms with Crippen molar-refractivity contribution in [3.05, 3.63) is 28.4 Å². The molecule has 7 heteroatoms. The quantitative estimate of drug-likeness (QED) is 0.929. The van der Waals surface area contributed by atoms with Gasteiger partial charge in [0, 0.05) is 5.56 Å². The van der Waals surface area contributed by atoms with Crippen molar-refractivity contribution in [3.8, 4) is 22.8 Å². The van der Waals surface area contributed by atoms with Crippen LogP contribution >= 0.6 is 15.9 Å². The van der Waals surface area contributed by atoms with Crippen LogP contribution in [0.4, 0.5) is 0 Å². The molecule has 0 atom stereocenters. The van der Waals surface area contributed by atoms with E-state index < -0.39 is 5.97 Å². The van der Waals surface area contributed by atoms with E-state index in [0.29, 0.717) is 22.8 Å². The highest BCUT2D eigenvalue weighted by atomic mass is 79.9. The van der Waals surface area contributed by atoms with Crippen LogP contribution in [0.2, 0.25) is 0 Å². The van der Waals surface area contributed by atoms with Gasteiger partial charge in [-0.2, -0.15) is 0 Å². The molecule has 1 heterocycles. The standard InChI is InChI=1S/C12H10BrNO5/c1-17-7-4-3-6(5-8(7)18-2)11-9(13)10(12(15)16)14-19-11/h3-5H,1-2H3,(H,15,16). The Morgan fingerprint density at radius 3 is 2.53 bits per heavy atom. The van der Waals surface area contributed by atoms with E-state index in [-0.39, 0.29) is 10.2 Å². The van der Waals surface area contributed by atoms with E-state index >= 15 is 0 Å². The number of halogens is 1. The number of hydrogen-bond donors (Lipinski definition) is 1. The van der Waals surface area contributed by atoms with Crippen molar-refractivity contribution >= 4 is 21.9 Å². The lowest BCUT2D eigenvalue weighted by atomic mass is 10.1. The van der Waals surface area contributed by atoms with E-state index in [0.717, 1.165) is 0 Å². The highest BCUT2D eigenvalue weighted by Gasteiger charge is 2.21. The average Bonchev–Trinajstić information content (AvgIpc) is 2.80. The Bertz CT molecular complexity index is 623. The molecule has 1 N–H and O–H groups in total. The number of aromatic nitrogens is 1. The summed E-state index contributed by atoms with van der Waals surface area (Å²) in [5, 5.41) is 12.4. The summed E-state index contributed by atoms with van der Waals surface area (Å²) in [7, 11) is 3.05. The molecule has 0 aliphatic carbocycles. The number of benzene rings is 1. The fourth-order valence-electron chi connectivity index (χ4n) is 1.57. The number of carboxylic acid groups (broad SMARTS) is 1. The molecule has 1 aromatic carbocycles. The van der Waals surface area contributed by atoms with Crippen LogP contribution in [-0.2, 0) is 0 Å². The van der Waals surface area contributed by atoms with Crippen molar-refractivity contribution < 1.29 is 23.9 Å². The van der Waals surface area contributed by atoms with Gasteiger partial charge in [0.25, 0.3) is 0 Å². The van der Waals surface area contributed by atoms with Crippen molar-refractivity contribution in [2.45, 2.75) is 0 Å². The predicted molar refractivity (Wildman–Crippen MR) is 69.7 cm³/mol. The molecule has 0 spiro atoms. The van der Waals surface area contributed by atoms with Crippen molar-refractivity contribution in [1.82, 2.24) is 5.16 Å². The topological polar surface area (TPSA) is 81.8 Å². The van der Waals surface area contributed by atoms with Gasteiger partial charge in [-0.05, 0) is 34.1 Å². The van der Waals surface area contributed by atoms with E-state index in [2.05, 4.69) is 21.1 Å². The molecule has 0 saturated heterocycles. The van der Waals surface area contributed by atoms with E-state index in [4.69, 9.17) is 19.1 Å². The molecule has 2 aromatic rings. The van der Waals surface area contributed by atoms with Gasteiger partial charge in [0.2, 0.25) is 5.69 Å². The van der Waals surface area contributed by atoms with Gasteiger partial charge in [-0.3, -0.25) is 0 Å². The van der Waals surface area contributed by atoms with E-state index in [1.54, 1.807) is 18.2 Å². The zero-order valence-corrected chi connectivity index (χ0v) is 11.7. The first-order chi connectivity index (χ1) is 9.08. The van der Waals surface area contributed by atoms with E-state index in [1.807, 2.05) is 0 Å². The number of methoxy groups -OCH3 is 2. The van der Waals surface area contributed by atoms with Crippen LogP contribution in [0.3, 0.4) is 0 Å². The van der Waals surface area contributed by atoms with Crippen molar-refractivity contribution in [1.29, 1.82) is 0 Å². The SMILES string of the molecule is COc1ccc(-c2onc(C(=O)O)c2Br)cc1OC. The summed E-state index contributed by atoms with van der Waals surface area (Å²) in [6.45, 7) is 0. The summed E-state index contributed by atoms with van der Waals surface area (Å²) in [6, 6.07) is 5.09. The van der Waals surface area contributed by atoms with Crippen molar-refractivity contribution in [2.24, 2.45) is 0 Å². The first-order valence-corrected chi connectivity index (χ1v) is 5.98. The van der Waals surface area contributed by atoms with Crippen LogP contribution in [0.25, 0.3) is 11.3 Å². The third kappa shape index (κ3) is 2.41. The van der Waals surface area contributed by atoms with Crippen LogP contribution in [0.1, 0.15) is 10.5 Å². The second-order valence-electron chi connectivity index (χ2n) is 3.55. The molecule has 19 heavy (non-hydrogen) atoms. The highest BCUT2D eigenvalue weighted by molar-refractivity contribution is 9.10. The molecule has 0 fully saturated rings. The average molecular weight is 328 g/mol. The molecule has 6 nitrogen and oxygen atoms in total. The lowest BCUT2D eigenvalue weighted by Gasteiger charge is -2.08. The third-order valence-corrected chi connectivity index (χ3v) is 3.22. The number of carbonyl (C=O) groups is 1. The van der Waals surface area contributed by atoms with Gasteiger partial charge in [0.15, 0.2) is 17.3 Å².